The van der Waals surface area contributed by atoms with Crippen LogP contribution in [0, 0.1) is 0 Å². The summed E-state index contributed by atoms with van der Waals surface area (Å²) < 4.78 is 25.6. The molecule has 16 heavy (non-hydrogen) atoms. The summed E-state index contributed by atoms with van der Waals surface area (Å²) in [4.78, 5) is 0.414. The first-order chi connectivity index (χ1) is 7.51. The average Bonchev–Trinajstić information content (AvgIpc) is 2.14. The van der Waals surface area contributed by atoms with Crippen LogP contribution in [0.25, 0.3) is 0 Å². The zero-order valence-corrected chi connectivity index (χ0v) is 10.5. The number of nitrogens with zero attached hydrogens (tertiary/aromatic N) is 1. The fourth-order valence-corrected chi connectivity index (χ4v) is 3.22. The van der Waals surface area contributed by atoms with Gasteiger partial charge in [-0.25, -0.2) is 8.42 Å². The van der Waals surface area contributed by atoms with E-state index in [2.05, 4.69) is 13.8 Å². The monoisotopic (exact) mass is 239 g/mol. The topological polar surface area (TPSA) is 37.4 Å². The lowest BCUT2D eigenvalue weighted by Gasteiger charge is -2.29. The molecule has 0 aliphatic carbocycles. The van der Waals surface area contributed by atoms with Crippen molar-refractivity contribution in [1.29, 1.82) is 0 Å². The second-order valence-corrected chi connectivity index (χ2v) is 6.42. The lowest BCUT2D eigenvalue weighted by atomic mass is 10.0. The molecule has 2 rings (SSSR count). The van der Waals surface area contributed by atoms with Crippen molar-refractivity contribution in [3.63, 3.8) is 0 Å². The van der Waals surface area contributed by atoms with Crippen molar-refractivity contribution < 1.29 is 8.42 Å². The Hall–Kier alpha value is -0.870. The number of rotatable bonds is 3. The van der Waals surface area contributed by atoms with E-state index in [-0.39, 0.29) is 0 Å². The molecule has 1 fully saturated rings. The molecule has 0 amide bonds. The van der Waals surface area contributed by atoms with E-state index < -0.39 is 10.0 Å². The Labute approximate surface area is 97.1 Å². The van der Waals surface area contributed by atoms with Crippen molar-refractivity contribution in [2.24, 2.45) is 0 Å². The van der Waals surface area contributed by atoms with Gasteiger partial charge in [-0.05, 0) is 30.0 Å². The van der Waals surface area contributed by atoms with Crippen molar-refractivity contribution in [3.8, 4) is 0 Å². The number of hydrogen-bond donors (Lipinski definition) is 0. The van der Waals surface area contributed by atoms with Gasteiger partial charge in [0, 0.05) is 13.1 Å². The minimum absolute atomic E-state index is 0.414. The summed E-state index contributed by atoms with van der Waals surface area (Å²) in [5.74, 6) is 0.431. The van der Waals surface area contributed by atoms with Crippen molar-refractivity contribution in [3.05, 3.63) is 29.8 Å². The Morgan fingerprint density at radius 3 is 2.06 bits per heavy atom. The highest BCUT2D eigenvalue weighted by Gasteiger charge is 2.28. The molecule has 0 spiro atoms. The number of hydrogen-bond acceptors (Lipinski definition) is 2. The summed E-state index contributed by atoms with van der Waals surface area (Å²) in [5.41, 5.74) is 1.17. The van der Waals surface area contributed by atoms with Crippen LogP contribution < -0.4 is 0 Å². The molecule has 0 atom stereocenters. The van der Waals surface area contributed by atoms with Crippen LogP contribution in [0.4, 0.5) is 0 Å². The molecule has 0 radical (unpaired) electrons. The molecule has 1 aliphatic heterocycles. The van der Waals surface area contributed by atoms with E-state index >= 15 is 0 Å². The molecule has 1 aromatic carbocycles. The molecule has 0 saturated carbocycles. The molecule has 3 nitrogen and oxygen atoms in total. The summed E-state index contributed by atoms with van der Waals surface area (Å²) in [5, 5.41) is 0. The lowest BCUT2D eigenvalue weighted by Crippen LogP contribution is -2.41. The number of benzene rings is 1. The Kier molecular flexibility index (Phi) is 3.04. The highest BCUT2D eigenvalue weighted by atomic mass is 32.2. The van der Waals surface area contributed by atoms with Crippen molar-refractivity contribution in [2.45, 2.75) is 31.1 Å². The zero-order chi connectivity index (χ0) is 11.8. The maximum Gasteiger partial charge on any atom is 0.243 e. The van der Waals surface area contributed by atoms with Crippen LogP contribution in [-0.4, -0.2) is 25.8 Å². The SMILES string of the molecule is CC(C)c1ccc(S(=O)(=O)N2CCC2)cc1. The summed E-state index contributed by atoms with van der Waals surface area (Å²) in [6.45, 7) is 5.51. The fraction of sp³-hybridized carbons (Fsp3) is 0.500. The molecule has 0 N–H and O–H groups in total. The first kappa shape index (κ1) is 11.6. The largest absolute Gasteiger partial charge is 0.243 e. The van der Waals surface area contributed by atoms with Gasteiger partial charge in [0.15, 0.2) is 0 Å². The first-order valence-electron chi connectivity index (χ1n) is 5.62. The van der Waals surface area contributed by atoms with E-state index in [0.717, 1.165) is 6.42 Å². The summed E-state index contributed by atoms with van der Waals surface area (Å²) in [7, 11) is -3.21. The standard InChI is InChI=1S/C12H17NO2S/c1-10(2)11-4-6-12(7-5-11)16(14,15)13-8-3-9-13/h4-7,10H,3,8-9H2,1-2H3. The second-order valence-electron chi connectivity index (χ2n) is 4.48. The van der Waals surface area contributed by atoms with Crippen molar-refractivity contribution in [1.82, 2.24) is 4.31 Å². The van der Waals surface area contributed by atoms with Gasteiger partial charge in [0.1, 0.15) is 0 Å². The van der Waals surface area contributed by atoms with Crippen LogP contribution in [0.2, 0.25) is 0 Å². The molecule has 1 aliphatic rings. The Morgan fingerprint density at radius 1 is 1.12 bits per heavy atom. The van der Waals surface area contributed by atoms with Gasteiger partial charge in [-0.3, -0.25) is 0 Å². The van der Waals surface area contributed by atoms with Crippen molar-refractivity contribution >= 4 is 10.0 Å². The predicted octanol–water partition coefficient (Wildman–Crippen LogP) is 2.20. The summed E-state index contributed by atoms with van der Waals surface area (Å²) >= 11 is 0. The molecule has 1 heterocycles. The van der Waals surface area contributed by atoms with Gasteiger partial charge in [0.05, 0.1) is 4.90 Å². The fourth-order valence-electron chi connectivity index (χ4n) is 1.70. The van der Waals surface area contributed by atoms with Gasteiger partial charge in [-0.1, -0.05) is 26.0 Å². The maximum atomic E-state index is 12.0. The molecule has 0 bridgehead atoms. The quantitative estimate of drug-likeness (QED) is 0.811. The first-order valence-corrected chi connectivity index (χ1v) is 7.06. The van der Waals surface area contributed by atoms with E-state index in [4.69, 9.17) is 0 Å². The van der Waals surface area contributed by atoms with E-state index in [0.29, 0.717) is 23.9 Å². The van der Waals surface area contributed by atoms with Gasteiger partial charge in [0.25, 0.3) is 0 Å². The van der Waals surface area contributed by atoms with Crippen LogP contribution >= 0.6 is 0 Å². The van der Waals surface area contributed by atoms with Crippen molar-refractivity contribution in [2.75, 3.05) is 13.1 Å². The van der Waals surface area contributed by atoms with Crippen LogP contribution in [0.5, 0.6) is 0 Å². The molecule has 0 unspecified atom stereocenters. The number of sulfonamides is 1. The third kappa shape index (κ3) is 1.99. The van der Waals surface area contributed by atoms with Crippen LogP contribution in [0.1, 0.15) is 31.7 Å². The lowest BCUT2D eigenvalue weighted by molar-refractivity contribution is 0.309. The van der Waals surface area contributed by atoms with E-state index in [1.165, 1.54) is 9.87 Å². The Balaban J connectivity index is 2.27. The van der Waals surface area contributed by atoms with Gasteiger partial charge in [0.2, 0.25) is 10.0 Å². The maximum absolute atomic E-state index is 12.0. The molecule has 1 aromatic rings. The van der Waals surface area contributed by atoms with E-state index in [1.54, 1.807) is 12.1 Å². The minimum atomic E-state index is -3.21. The third-order valence-electron chi connectivity index (χ3n) is 3.00. The van der Waals surface area contributed by atoms with Gasteiger partial charge < -0.3 is 0 Å². The molecular formula is C12H17NO2S. The molecule has 4 heteroatoms. The van der Waals surface area contributed by atoms with E-state index in [9.17, 15) is 8.42 Å². The zero-order valence-electron chi connectivity index (χ0n) is 9.68. The predicted molar refractivity (Wildman–Crippen MR) is 63.9 cm³/mol. The molecule has 88 valence electrons. The van der Waals surface area contributed by atoms with Gasteiger partial charge in [-0.15, -0.1) is 0 Å². The van der Waals surface area contributed by atoms with Gasteiger partial charge in [-0.2, -0.15) is 4.31 Å². The van der Waals surface area contributed by atoms with Gasteiger partial charge >= 0.3 is 0 Å². The van der Waals surface area contributed by atoms with Crippen LogP contribution in [0.15, 0.2) is 29.2 Å². The van der Waals surface area contributed by atoms with Crippen LogP contribution in [0.3, 0.4) is 0 Å². The smallest absolute Gasteiger partial charge is 0.207 e. The highest BCUT2D eigenvalue weighted by molar-refractivity contribution is 7.89. The molecular weight excluding hydrogens is 222 g/mol. The molecule has 1 saturated heterocycles. The van der Waals surface area contributed by atoms with E-state index in [1.807, 2.05) is 12.1 Å². The van der Waals surface area contributed by atoms with Crippen LogP contribution in [-0.2, 0) is 10.0 Å². The summed E-state index contributed by atoms with van der Waals surface area (Å²) in [6, 6.07) is 7.22. The summed E-state index contributed by atoms with van der Waals surface area (Å²) in [6.07, 6.45) is 0.976. The minimum Gasteiger partial charge on any atom is -0.207 e. The Bertz CT molecular complexity index is 458. The highest BCUT2D eigenvalue weighted by Crippen LogP contribution is 2.23. The average molecular weight is 239 g/mol. The normalized spacial score (nSPS) is 17.4. The Morgan fingerprint density at radius 2 is 1.69 bits per heavy atom. The second kappa shape index (κ2) is 4.18. The third-order valence-corrected chi connectivity index (χ3v) is 4.91. The molecule has 0 aromatic heterocycles.